The molecule has 0 saturated carbocycles. The predicted octanol–water partition coefficient (Wildman–Crippen LogP) is 1.06. The summed E-state index contributed by atoms with van der Waals surface area (Å²) in [5.41, 5.74) is -0.0462. The van der Waals surface area contributed by atoms with Crippen molar-refractivity contribution in [2.24, 2.45) is 0 Å². The molecule has 0 fully saturated rings. The fourth-order valence-corrected chi connectivity index (χ4v) is 1.57. The SMILES string of the molecule is O=C(NCc1nc(O)cc(=O)[nH]1)c1ccc(Cl)cc1. The summed E-state index contributed by atoms with van der Waals surface area (Å²) >= 11 is 5.71. The van der Waals surface area contributed by atoms with E-state index < -0.39 is 5.56 Å². The molecule has 6 nitrogen and oxygen atoms in total. The van der Waals surface area contributed by atoms with Gasteiger partial charge in [0.1, 0.15) is 5.82 Å². The minimum absolute atomic E-state index is 0.00506. The summed E-state index contributed by atoms with van der Waals surface area (Å²) in [7, 11) is 0. The smallest absolute Gasteiger partial charge is 0.254 e. The van der Waals surface area contributed by atoms with Gasteiger partial charge in [-0.2, -0.15) is 4.98 Å². The van der Waals surface area contributed by atoms with Crippen LogP contribution in [-0.2, 0) is 6.54 Å². The molecule has 0 aliphatic carbocycles. The number of rotatable bonds is 3. The van der Waals surface area contributed by atoms with E-state index in [0.29, 0.717) is 10.6 Å². The fraction of sp³-hybridized carbons (Fsp3) is 0.0833. The quantitative estimate of drug-likeness (QED) is 0.783. The Kier molecular flexibility index (Phi) is 3.82. The number of aromatic nitrogens is 2. The number of carbonyl (C=O) groups excluding carboxylic acids is 1. The molecule has 0 atom stereocenters. The minimum Gasteiger partial charge on any atom is -0.493 e. The van der Waals surface area contributed by atoms with E-state index in [1.165, 1.54) is 0 Å². The highest BCUT2D eigenvalue weighted by Gasteiger charge is 2.06. The first-order valence-corrected chi connectivity index (χ1v) is 5.75. The molecule has 0 aliphatic rings. The lowest BCUT2D eigenvalue weighted by Crippen LogP contribution is -2.25. The highest BCUT2D eigenvalue weighted by Crippen LogP contribution is 2.09. The Bertz CT molecular complexity index is 652. The number of H-pyrrole nitrogens is 1. The molecular weight excluding hydrogens is 270 g/mol. The zero-order valence-corrected chi connectivity index (χ0v) is 10.4. The molecular formula is C12H10ClN3O3. The average molecular weight is 280 g/mol. The minimum atomic E-state index is -0.483. The van der Waals surface area contributed by atoms with Crippen molar-refractivity contribution in [2.45, 2.75) is 6.54 Å². The Morgan fingerprint density at radius 2 is 2.05 bits per heavy atom. The zero-order chi connectivity index (χ0) is 13.8. The number of hydrogen-bond donors (Lipinski definition) is 3. The second-order valence-electron chi connectivity index (χ2n) is 3.74. The van der Waals surface area contributed by atoms with Crippen molar-refractivity contribution < 1.29 is 9.90 Å². The van der Waals surface area contributed by atoms with Gasteiger partial charge in [0.25, 0.3) is 11.5 Å². The van der Waals surface area contributed by atoms with Gasteiger partial charge in [-0.15, -0.1) is 0 Å². The molecule has 3 N–H and O–H groups in total. The Morgan fingerprint density at radius 3 is 2.68 bits per heavy atom. The molecule has 1 heterocycles. The molecule has 19 heavy (non-hydrogen) atoms. The first kappa shape index (κ1) is 13.1. The number of halogens is 1. The monoisotopic (exact) mass is 279 g/mol. The van der Waals surface area contributed by atoms with Crippen molar-refractivity contribution in [2.75, 3.05) is 0 Å². The molecule has 2 aromatic rings. The first-order valence-electron chi connectivity index (χ1n) is 5.37. The van der Waals surface area contributed by atoms with Crippen LogP contribution in [-0.4, -0.2) is 21.0 Å². The normalized spacial score (nSPS) is 10.2. The number of hydrogen-bond acceptors (Lipinski definition) is 4. The average Bonchev–Trinajstić information content (AvgIpc) is 2.36. The van der Waals surface area contributed by atoms with Gasteiger partial charge in [-0.1, -0.05) is 11.6 Å². The summed E-state index contributed by atoms with van der Waals surface area (Å²) in [5.74, 6) is -0.547. The molecule has 0 radical (unpaired) electrons. The van der Waals surface area contributed by atoms with E-state index in [9.17, 15) is 9.59 Å². The van der Waals surface area contributed by atoms with Crippen molar-refractivity contribution in [1.82, 2.24) is 15.3 Å². The molecule has 98 valence electrons. The Morgan fingerprint density at radius 1 is 1.37 bits per heavy atom. The summed E-state index contributed by atoms with van der Waals surface area (Å²) in [4.78, 5) is 28.9. The molecule has 1 aromatic heterocycles. The van der Waals surface area contributed by atoms with Crippen LogP contribution < -0.4 is 10.9 Å². The summed E-state index contributed by atoms with van der Waals surface area (Å²) in [6.07, 6.45) is 0. The molecule has 0 unspecified atom stereocenters. The molecule has 1 amide bonds. The van der Waals surface area contributed by atoms with Crippen LogP contribution in [0.2, 0.25) is 5.02 Å². The van der Waals surface area contributed by atoms with Crippen molar-refractivity contribution >= 4 is 17.5 Å². The largest absolute Gasteiger partial charge is 0.493 e. The van der Waals surface area contributed by atoms with E-state index in [-0.39, 0.29) is 24.2 Å². The van der Waals surface area contributed by atoms with Gasteiger partial charge < -0.3 is 15.4 Å². The maximum absolute atomic E-state index is 11.8. The van der Waals surface area contributed by atoms with Crippen LogP contribution in [0.1, 0.15) is 16.2 Å². The maximum Gasteiger partial charge on any atom is 0.254 e. The Hall–Kier alpha value is -2.34. The van der Waals surface area contributed by atoms with E-state index in [0.717, 1.165) is 6.07 Å². The maximum atomic E-state index is 11.8. The van der Waals surface area contributed by atoms with Gasteiger partial charge in [-0.25, -0.2) is 0 Å². The Labute approximate surface area is 113 Å². The molecule has 7 heteroatoms. The molecule has 0 spiro atoms. The van der Waals surface area contributed by atoms with Crippen LogP contribution in [0.4, 0.5) is 0 Å². The standard InChI is InChI=1S/C12H10ClN3O3/c13-8-3-1-7(2-4-8)12(19)14-6-9-15-10(17)5-11(18)16-9/h1-5H,6H2,(H,14,19)(H2,15,16,17,18). The van der Waals surface area contributed by atoms with Crippen LogP contribution in [0.25, 0.3) is 0 Å². The number of carbonyl (C=O) groups is 1. The number of nitrogens with one attached hydrogen (secondary N) is 2. The lowest BCUT2D eigenvalue weighted by Gasteiger charge is -2.05. The topological polar surface area (TPSA) is 95.1 Å². The summed E-state index contributed by atoms with van der Waals surface area (Å²) in [6.45, 7) is 0.00506. The second kappa shape index (κ2) is 5.53. The van der Waals surface area contributed by atoms with Gasteiger partial charge in [0, 0.05) is 10.6 Å². The molecule has 1 aromatic carbocycles. The van der Waals surface area contributed by atoms with Crippen LogP contribution >= 0.6 is 11.6 Å². The van der Waals surface area contributed by atoms with Gasteiger partial charge in [-0.3, -0.25) is 9.59 Å². The summed E-state index contributed by atoms with van der Waals surface area (Å²) in [5, 5.41) is 12.2. The first-order chi connectivity index (χ1) is 9.04. The van der Waals surface area contributed by atoms with E-state index in [1.54, 1.807) is 24.3 Å². The molecule has 0 saturated heterocycles. The number of aromatic amines is 1. The lowest BCUT2D eigenvalue weighted by atomic mass is 10.2. The number of benzene rings is 1. The number of nitrogens with zero attached hydrogens (tertiary/aromatic N) is 1. The van der Waals surface area contributed by atoms with Gasteiger partial charge in [-0.05, 0) is 24.3 Å². The van der Waals surface area contributed by atoms with Crippen LogP contribution in [0.5, 0.6) is 5.88 Å². The zero-order valence-electron chi connectivity index (χ0n) is 9.68. The predicted molar refractivity (Wildman–Crippen MR) is 69.1 cm³/mol. The summed E-state index contributed by atoms with van der Waals surface area (Å²) in [6, 6.07) is 7.31. The van der Waals surface area contributed by atoms with E-state index >= 15 is 0 Å². The van der Waals surface area contributed by atoms with Crippen molar-refractivity contribution in [1.29, 1.82) is 0 Å². The van der Waals surface area contributed by atoms with Crippen LogP contribution in [0.15, 0.2) is 35.1 Å². The van der Waals surface area contributed by atoms with Gasteiger partial charge >= 0.3 is 0 Å². The van der Waals surface area contributed by atoms with Crippen molar-refractivity contribution in [3.63, 3.8) is 0 Å². The second-order valence-corrected chi connectivity index (χ2v) is 4.18. The van der Waals surface area contributed by atoms with E-state index in [4.69, 9.17) is 16.7 Å². The van der Waals surface area contributed by atoms with Crippen LogP contribution in [0, 0.1) is 0 Å². The lowest BCUT2D eigenvalue weighted by molar-refractivity contribution is 0.0949. The third-order valence-electron chi connectivity index (χ3n) is 2.30. The summed E-state index contributed by atoms with van der Waals surface area (Å²) < 4.78 is 0. The highest BCUT2D eigenvalue weighted by molar-refractivity contribution is 6.30. The highest BCUT2D eigenvalue weighted by atomic mass is 35.5. The van der Waals surface area contributed by atoms with E-state index in [1.807, 2.05) is 0 Å². The third kappa shape index (κ3) is 3.56. The third-order valence-corrected chi connectivity index (χ3v) is 2.55. The van der Waals surface area contributed by atoms with Gasteiger partial charge in [0.15, 0.2) is 0 Å². The Balaban J connectivity index is 2.04. The number of aromatic hydroxyl groups is 1. The van der Waals surface area contributed by atoms with E-state index in [2.05, 4.69) is 15.3 Å². The van der Waals surface area contributed by atoms with Crippen LogP contribution in [0.3, 0.4) is 0 Å². The van der Waals surface area contributed by atoms with Gasteiger partial charge in [0.2, 0.25) is 5.88 Å². The van der Waals surface area contributed by atoms with Crippen molar-refractivity contribution in [3.05, 3.63) is 57.1 Å². The number of amides is 1. The van der Waals surface area contributed by atoms with Crippen molar-refractivity contribution in [3.8, 4) is 5.88 Å². The van der Waals surface area contributed by atoms with Gasteiger partial charge in [0.05, 0.1) is 12.6 Å². The molecule has 0 bridgehead atoms. The molecule has 2 rings (SSSR count). The molecule has 0 aliphatic heterocycles. The fourth-order valence-electron chi connectivity index (χ4n) is 1.45.